The van der Waals surface area contributed by atoms with Gasteiger partial charge in [-0.25, -0.2) is 5.48 Å². The number of nitrogens with one attached hydrogen (secondary N) is 3. The summed E-state index contributed by atoms with van der Waals surface area (Å²) in [4.78, 5) is 39.8. The monoisotopic (exact) mass is 720 g/mol. The Morgan fingerprint density at radius 3 is 2.13 bits per heavy atom. The van der Waals surface area contributed by atoms with Gasteiger partial charge in [-0.15, -0.1) is 0 Å². The fraction of sp³-hybridized carbons (Fsp3) is 0.634. The molecule has 2 aromatic carbocycles. The van der Waals surface area contributed by atoms with Crippen LogP contribution < -0.4 is 16.1 Å². The Morgan fingerprint density at radius 1 is 0.808 bits per heavy atom. The lowest BCUT2D eigenvalue weighted by Gasteiger charge is -2.50. The minimum Gasteiger partial charge on any atom is -0.392 e. The van der Waals surface area contributed by atoms with Gasteiger partial charge in [-0.3, -0.25) is 24.5 Å². The fourth-order valence-corrected chi connectivity index (χ4v) is 8.06. The first-order valence-corrected chi connectivity index (χ1v) is 19.4. The maximum Gasteiger partial charge on any atom is 0.243 e. The maximum atomic E-state index is 13.7. The van der Waals surface area contributed by atoms with E-state index in [9.17, 15) is 19.5 Å². The van der Waals surface area contributed by atoms with Crippen LogP contribution in [0.5, 0.6) is 0 Å². The largest absolute Gasteiger partial charge is 0.392 e. The van der Waals surface area contributed by atoms with Crippen LogP contribution in [0.3, 0.4) is 0 Å². The molecule has 1 aliphatic carbocycles. The molecule has 1 saturated carbocycles. The number of hydrogen-bond acceptors (Lipinski definition) is 8. The molecule has 0 radical (unpaired) electrons. The molecule has 0 spiro atoms. The lowest BCUT2D eigenvalue weighted by atomic mass is 9.75. The Balaban J connectivity index is 1.25. The van der Waals surface area contributed by atoms with E-state index in [1.54, 1.807) is 5.48 Å². The van der Waals surface area contributed by atoms with Crippen LogP contribution in [0, 0.1) is 5.92 Å². The van der Waals surface area contributed by atoms with Gasteiger partial charge < -0.3 is 25.2 Å². The number of aliphatic hydroxyl groups excluding tert-OH is 1. The molecule has 3 aliphatic rings. The number of piperidine rings is 1. The van der Waals surface area contributed by atoms with E-state index in [0.29, 0.717) is 44.3 Å². The number of hydrogen-bond donors (Lipinski definition) is 5. The summed E-state index contributed by atoms with van der Waals surface area (Å²) in [6.45, 7) is 7.16. The minimum atomic E-state index is -0.609. The van der Waals surface area contributed by atoms with Gasteiger partial charge in [-0.05, 0) is 81.9 Å². The van der Waals surface area contributed by atoms with Crippen LogP contribution in [-0.2, 0) is 37.0 Å². The number of ether oxygens (including phenoxy) is 2. The molecule has 3 amide bonds. The normalized spacial score (nSPS) is 25.2. The van der Waals surface area contributed by atoms with Crippen molar-refractivity contribution in [1.82, 2.24) is 21.0 Å². The molecule has 11 heteroatoms. The van der Waals surface area contributed by atoms with E-state index >= 15 is 0 Å². The van der Waals surface area contributed by atoms with Gasteiger partial charge in [0.1, 0.15) is 0 Å². The molecular formula is C41H60N4O7. The van der Waals surface area contributed by atoms with Gasteiger partial charge in [-0.1, -0.05) is 74.2 Å². The van der Waals surface area contributed by atoms with E-state index in [-0.39, 0.29) is 54.5 Å². The van der Waals surface area contributed by atoms with Crippen LogP contribution in [0.2, 0.25) is 0 Å². The van der Waals surface area contributed by atoms with Crippen molar-refractivity contribution in [1.29, 1.82) is 0 Å². The number of carbonyl (C=O) groups excluding carboxylic acids is 3. The standard InChI is InChI=1S/C41H60N4O7/c1-41(2,3)43-39(49)35-23-22-30-10-8-9-11-34(30)45(35)26-33-24-36(31-18-16-29(27-46)17-19-31)52-40(51-33)32-20-14-28(15-21-32)25-42-37(47)12-6-4-5-7-13-38(48)44-50/h14-21,30,33-36,40,46,50H,4-13,22-27H2,1-3H3,(H,42,47)(H,43,49)(H,44,48)/t30-,33-,34-,35-,36+,40+/m1/s1. The Bertz CT molecular complexity index is 1440. The van der Waals surface area contributed by atoms with Crippen molar-refractivity contribution in [3.63, 3.8) is 0 Å². The third-order valence-electron chi connectivity index (χ3n) is 10.8. The summed E-state index contributed by atoms with van der Waals surface area (Å²) in [5.74, 6) is 0.305. The molecule has 2 aromatic rings. The van der Waals surface area contributed by atoms with E-state index in [1.165, 1.54) is 19.3 Å². The lowest BCUT2D eigenvalue weighted by Crippen LogP contribution is -2.61. The topological polar surface area (TPSA) is 149 Å². The Kier molecular flexibility index (Phi) is 14.6. The second-order valence-electron chi connectivity index (χ2n) is 16.0. The molecule has 0 aromatic heterocycles. The number of benzene rings is 2. The molecule has 5 N–H and O–H groups in total. The van der Waals surface area contributed by atoms with Gasteiger partial charge in [0.2, 0.25) is 17.7 Å². The summed E-state index contributed by atoms with van der Waals surface area (Å²) in [6, 6.07) is 16.1. The Morgan fingerprint density at radius 2 is 1.46 bits per heavy atom. The quantitative estimate of drug-likeness (QED) is 0.0839. The van der Waals surface area contributed by atoms with Crippen molar-refractivity contribution in [3.8, 4) is 0 Å². The number of aliphatic hydroxyl groups is 1. The summed E-state index contributed by atoms with van der Waals surface area (Å²) >= 11 is 0. The first kappa shape index (κ1) is 39.8. The van der Waals surface area contributed by atoms with Crippen molar-refractivity contribution in [2.75, 3.05) is 6.54 Å². The van der Waals surface area contributed by atoms with Crippen LogP contribution >= 0.6 is 0 Å². The molecule has 0 bridgehead atoms. The average Bonchev–Trinajstić information content (AvgIpc) is 3.14. The highest BCUT2D eigenvalue weighted by Crippen LogP contribution is 2.42. The number of likely N-dealkylation sites (tertiary alicyclic amines) is 1. The number of hydroxylamine groups is 1. The number of fused-ring (bicyclic) bond motifs is 1. The molecule has 11 nitrogen and oxygen atoms in total. The number of nitrogens with zero attached hydrogens (tertiary/aromatic N) is 1. The first-order chi connectivity index (χ1) is 25.0. The summed E-state index contributed by atoms with van der Waals surface area (Å²) in [5.41, 5.74) is 5.07. The van der Waals surface area contributed by atoms with Gasteiger partial charge in [0.25, 0.3) is 0 Å². The van der Waals surface area contributed by atoms with Crippen molar-refractivity contribution in [2.45, 2.75) is 154 Å². The number of carbonyl (C=O) groups is 3. The third kappa shape index (κ3) is 11.6. The second-order valence-corrected chi connectivity index (χ2v) is 16.0. The van der Waals surface area contributed by atoms with E-state index in [2.05, 4.69) is 15.5 Å². The molecule has 2 saturated heterocycles. The van der Waals surface area contributed by atoms with E-state index in [4.69, 9.17) is 14.7 Å². The highest BCUT2D eigenvalue weighted by Gasteiger charge is 2.44. The van der Waals surface area contributed by atoms with Crippen LogP contribution in [0.15, 0.2) is 48.5 Å². The lowest BCUT2D eigenvalue weighted by molar-refractivity contribution is -0.255. The molecule has 52 heavy (non-hydrogen) atoms. The smallest absolute Gasteiger partial charge is 0.243 e. The zero-order valence-corrected chi connectivity index (χ0v) is 31.3. The van der Waals surface area contributed by atoms with Crippen molar-refractivity contribution in [3.05, 3.63) is 70.8 Å². The van der Waals surface area contributed by atoms with E-state index in [0.717, 1.165) is 60.8 Å². The molecule has 2 heterocycles. The van der Waals surface area contributed by atoms with Crippen molar-refractivity contribution < 1.29 is 34.2 Å². The van der Waals surface area contributed by atoms with Crippen molar-refractivity contribution in [2.24, 2.45) is 5.92 Å². The number of amides is 3. The molecule has 286 valence electrons. The molecule has 6 atom stereocenters. The average molecular weight is 721 g/mol. The molecule has 3 fully saturated rings. The highest BCUT2D eigenvalue weighted by atomic mass is 16.7. The maximum absolute atomic E-state index is 13.7. The van der Waals surface area contributed by atoms with E-state index in [1.807, 2.05) is 69.3 Å². The molecule has 5 rings (SSSR count). The summed E-state index contributed by atoms with van der Waals surface area (Å²) in [7, 11) is 0. The van der Waals surface area contributed by atoms with Gasteiger partial charge in [0.05, 0.1) is 24.9 Å². The summed E-state index contributed by atoms with van der Waals surface area (Å²) in [5, 5.41) is 24.5. The second kappa shape index (κ2) is 19.1. The summed E-state index contributed by atoms with van der Waals surface area (Å²) in [6.07, 6.45) is 10.1. The number of rotatable bonds is 15. The van der Waals surface area contributed by atoms with Crippen LogP contribution in [0.1, 0.15) is 139 Å². The highest BCUT2D eigenvalue weighted by molar-refractivity contribution is 5.82. The molecule has 0 unspecified atom stereocenters. The SMILES string of the molecule is CC(C)(C)NC(=O)[C@H]1CC[C@H]2CCCC[C@H]2N1C[C@H]1C[C@@H](c2ccc(CO)cc2)O[C@@H](c2ccc(CNC(=O)CCCCCCC(=O)NO)cc2)O1. The van der Waals surface area contributed by atoms with Crippen LogP contribution in [0.25, 0.3) is 0 Å². The zero-order valence-electron chi connectivity index (χ0n) is 31.3. The van der Waals surface area contributed by atoms with Crippen molar-refractivity contribution >= 4 is 17.7 Å². The number of unbranched alkanes of at least 4 members (excludes halogenated alkanes) is 3. The first-order valence-electron chi connectivity index (χ1n) is 19.4. The molecule has 2 aliphatic heterocycles. The van der Waals surface area contributed by atoms with Crippen LogP contribution in [-0.4, -0.2) is 63.2 Å². The van der Waals surface area contributed by atoms with E-state index < -0.39 is 6.29 Å². The predicted octanol–water partition coefficient (Wildman–Crippen LogP) is 6.12. The third-order valence-corrected chi connectivity index (χ3v) is 10.8. The van der Waals surface area contributed by atoms with Gasteiger partial charge >= 0.3 is 0 Å². The summed E-state index contributed by atoms with van der Waals surface area (Å²) < 4.78 is 13.4. The van der Waals surface area contributed by atoms with Gasteiger partial charge in [-0.2, -0.15) is 0 Å². The van der Waals surface area contributed by atoms with Gasteiger partial charge in [0, 0.05) is 49.5 Å². The Labute approximate surface area is 309 Å². The zero-order chi connectivity index (χ0) is 37.1. The molecular weight excluding hydrogens is 660 g/mol. The fourth-order valence-electron chi connectivity index (χ4n) is 8.06. The Hall–Kier alpha value is -3.35. The van der Waals surface area contributed by atoms with Gasteiger partial charge in [0.15, 0.2) is 6.29 Å². The van der Waals surface area contributed by atoms with Crippen LogP contribution in [0.4, 0.5) is 0 Å². The predicted molar refractivity (Wildman–Crippen MR) is 198 cm³/mol. The minimum absolute atomic E-state index is 0.0126.